The SMILES string of the molecule is CC(C)COC(=O)C[C@H]1C[C@@H](CCn2c(-c3ccc(F)cc3)c(-c3ccccc3)c(C(=O)Nc3ccc(CO)cc3)c2C(C)C)OC(C)(C)O1. The number of benzene rings is 3. The molecule has 1 aliphatic heterocycles. The van der Waals surface area contributed by atoms with Gasteiger partial charge in [0.25, 0.3) is 5.91 Å². The number of amides is 1. The van der Waals surface area contributed by atoms with Crippen molar-refractivity contribution in [3.63, 3.8) is 0 Å². The van der Waals surface area contributed by atoms with E-state index in [9.17, 15) is 19.1 Å². The maximum absolute atomic E-state index is 14.5. The first kappa shape index (κ1) is 37.0. The van der Waals surface area contributed by atoms with Gasteiger partial charge in [-0.2, -0.15) is 0 Å². The Morgan fingerprint density at radius 2 is 1.60 bits per heavy atom. The lowest BCUT2D eigenvalue weighted by atomic mass is 9.94. The van der Waals surface area contributed by atoms with Crippen LogP contribution in [0.3, 0.4) is 0 Å². The van der Waals surface area contributed by atoms with Gasteiger partial charge in [0.2, 0.25) is 0 Å². The Labute approximate surface area is 294 Å². The molecule has 2 atom stereocenters. The zero-order chi connectivity index (χ0) is 36.0. The molecule has 3 aromatic carbocycles. The molecule has 2 N–H and O–H groups in total. The predicted molar refractivity (Wildman–Crippen MR) is 193 cm³/mol. The molecule has 1 fully saturated rings. The van der Waals surface area contributed by atoms with Gasteiger partial charge in [-0.05, 0) is 85.2 Å². The maximum Gasteiger partial charge on any atom is 0.308 e. The number of halogens is 1. The van der Waals surface area contributed by atoms with Gasteiger partial charge in [0.1, 0.15) is 5.82 Å². The van der Waals surface area contributed by atoms with Crippen LogP contribution in [0.15, 0.2) is 78.9 Å². The molecule has 0 aliphatic carbocycles. The zero-order valence-corrected chi connectivity index (χ0v) is 29.9. The van der Waals surface area contributed by atoms with E-state index in [1.54, 1.807) is 36.4 Å². The molecular formula is C41H49FN2O6. The molecule has 1 amide bonds. The summed E-state index contributed by atoms with van der Waals surface area (Å²) in [7, 11) is 0. The van der Waals surface area contributed by atoms with Crippen molar-refractivity contribution in [2.45, 2.75) is 97.9 Å². The summed E-state index contributed by atoms with van der Waals surface area (Å²) in [6, 6.07) is 23.3. The number of anilines is 1. The number of nitrogens with zero attached hydrogens (tertiary/aromatic N) is 1. The van der Waals surface area contributed by atoms with E-state index in [-0.39, 0.29) is 54.8 Å². The molecule has 0 radical (unpaired) electrons. The summed E-state index contributed by atoms with van der Waals surface area (Å²) in [5.41, 5.74) is 5.92. The lowest BCUT2D eigenvalue weighted by Crippen LogP contribution is -2.45. The van der Waals surface area contributed by atoms with Gasteiger partial charge in [-0.15, -0.1) is 0 Å². The number of carbonyl (C=O) groups is 2. The van der Waals surface area contributed by atoms with Crippen molar-refractivity contribution in [1.82, 2.24) is 4.57 Å². The third kappa shape index (κ3) is 9.07. The fraction of sp³-hybridized carbons (Fsp3) is 0.415. The van der Waals surface area contributed by atoms with Gasteiger partial charge in [-0.3, -0.25) is 9.59 Å². The van der Waals surface area contributed by atoms with E-state index >= 15 is 0 Å². The summed E-state index contributed by atoms with van der Waals surface area (Å²) in [6.45, 7) is 12.6. The highest BCUT2D eigenvalue weighted by atomic mass is 19.1. The molecular weight excluding hydrogens is 635 g/mol. The molecule has 8 nitrogen and oxygen atoms in total. The lowest BCUT2D eigenvalue weighted by Gasteiger charge is -2.40. The van der Waals surface area contributed by atoms with Crippen molar-refractivity contribution in [1.29, 1.82) is 0 Å². The number of hydrogen-bond donors (Lipinski definition) is 2. The molecule has 0 spiro atoms. The predicted octanol–water partition coefficient (Wildman–Crippen LogP) is 8.72. The number of aliphatic hydroxyl groups is 1. The topological polar surface area (TPSA) is 99.0 Å². The number of aliphatic hydroxyl groups excluding tert-OH is 1. The van der Waals surface area contributed by atoms with Crippen LogP contribution in [0.2, 0.25) is 0 Å². The summed E-state index contributed by atoms with van der Waals surface area (Å²) < 4.78 is 34.5. The molecule has 4 aromatic rings. The number of ether oxygens (including phenoxy) is 3. The van der Waals surface area contributed by atoms with Gasteiger partial charge in [0, 0.05) is 29.9 Å². The van der Waals surface area contributed by atoms with E-state index in [1.165, 1.54) is 12.1 Å². The quantitative estimate of drug-likeness (QED) is 0.137. The summed E-state index contributed by atoms with van der Waals surface area (Å²) in [4.78, 5) is 27.1. The third-order valence-corrected chi connectivity index (χ3v) is 8.73. The first-order chi connectivity index (χ1) is 23.8. The summed E-state index contributed by atoms with van der Waals surface area (Å²) in [6.07, 6.45) is 0.609. The Hall–Kier alpha value is -4.31. The molecule has 1 aliphatic rings. The van der Waals surface area contributed by atoms with Gasteiger partial charge in [-0.25, -0.2) is 4.39 Å². The van der Waals surface area contributed by atoms with Crippen LogP contribution in [0, 0.1) is 11.7 Å². The normalized spacial score (nSPS) is 17.2. The average Bonchev–Trinajstić information content (AvgIpc) is 3.42. The second-order valence-electron chi connectivity index (χ2n) is 14.2. The molecule has 5 rings (SSSR count). The lowest BCUT2D eigenvalue weighted by molar-refractivity contribution is -0.300. The number of rotatable bonds is 13. The second-order valence-corrected chi connectivity index (χ2v) is 14.2. The minimum Gasteiger partial charge on any atom is -0.465 e. The van der Waals surface area contributed by atoms with Crippen LogP contribution in [-0.4, -0.2) is 46.2 Å². The number of carbonyl (C=O) groups excluding carboxylic acids is 2. The first-order valence-electron chi connectivity index (χ1n) is 17.4. The maximum atomic E-state index is 14.5. The van der Waals surface area contributed by atoms with Crippen LogP contribution in [0.5, 0.6) is 0 Å². The molecule has 266 valence electrons. The molecule has 0 bridgehead atoms. The molecule has 9 heteroatoms. The van der Waals surface area contributed by atoms with Crippen molar-refractivity contribution >= 4 is 17.6 Å². The van der Waals surface area contributed by atoms with E-state index < -0.39 is 5.79 Å². The monoisotopic (exact) mass is 684 g/mol. The highest BCUT2D eigenvalue weighted by molar-refractivity contribution is 6.12. The number of hydrogen-bond acceptors (Lipinski definition) is 6. The van der Waals surface area contributed by atoms with E-state index in [2.05, 4.69) is 23.7 Å². The van der Waals surface area contributed by atoms with Crippen molar-refractivity contribution in [2.24, 2.45) is 5.92 Å². The molecule has 0 saturated carbocycles. The number of nitrogens with one attached hydrogen (secondary N) is 1. The molecule has 2 heterocycles. The van der Waals surface area contributed by atoms with Gasteiger partial charge >= 0.3 is 5.97 Å². The molecule has 1 saturated heterocycles. The van der Waals surface area contributed by atoms with Gasteiger partial charge in [0.05, 0.1) is 43.1 Å². The van der Waals surface area contributed by atoms with E-state index in [0.29, 0.717) is 37.2 Å². The molecule has 50 heavy (non-hydrogen) atoms. The Kier molecular flexibility index (Phi) is 11.9. The minimum absolute atomic E-state index is 0.0697. The Morgan fingerprint density at radius 3 is 2.22 bits per heavy atom. The Morgan fingerprint density at radius 1 is 0.940 bits per heavy atom. The number of aromatic nitrogens is 1. The standard InChI is InChI=1S/C41H49FN2O6/c1-26(2)25-48-35(46)23-34-22-33(49-41(5,6)50-34)20-21-44-38(27(3)4)37(40(47)43-32-18-12-28(24-45)13-19-32)36(29-10-8-7-9-11-29)39(44)30-14-16-31(42)17-15-30/h7-19,26-27,33-34,45H,20-25H2,1-6H3,(H,43,47)/t33-,34-/m1/s1. The summed E-state index contributed by atoms with van der Waals surface area (Å²) >= 11 is 0. The summed E-state index contributed by atoms with van der Waals surface area (Å²) in [5, 5.41) is 12.6. The van der Waals surface area contributed by atoms with Crippen LogP contribution >= 0.6 is 0 Å². The van der Waals surface area contributed by atoms with E-state index in [1.807, 2.05) is 58.0 Å². The number of esters is 1. The first-order valence-corrected chi connectivity index (χ1v) is 17.4. The fourth-order valence-electron chi connectivity index (χ4n) is 6.68. The van der Waals surface area contributed by atoms with Crippen LogP contribution in [0.4, 0.5) is 10.1 Å². The van der Waals surface area contributed by atoms with E-state index in [4.69, 9.17) is 14.2 Å². The van der Waals surface area contributed by atoms with Crippen molar-refractivity contribution in [3.05, 3.63) is 102 Å². The van der Waals surface area contributed by atoms with Gasteiger partial charge < -0.3 is 29.2 Å². The summed E-state index contributed by atoms with van der Waals surface area (Å²) in [5.74, 6) is -1.65. The fourth-order valence-corrected chi connectivity index (χ4v) is 6.68. The van der Waals surface area contributed by atoms with Crippen LogP contribution < -0.4 is 5.32 Å². The zero-order valence-electron chi connectivity index (χ0n) is 29.9. The second kappa shape index (κ2) is 16.1. The molecule has 0 unspecified atom stereocenters. The van der Waals surface area contributed by atoms with E-state index in [0.717, 1.165) is 33.6 Å². The third-order valence-electron chi connectivity index (χ3n) is 8.73. The smallest absolute Gasteiger partial charge is 0.308 e. The Balaban J connectivity index is 1.57. The largest absolute Gasteiger partial charge is 0.465 e. The van der Waals surface area contributed by atoms with Gasteiger partial charge in [0.15, 0.2) is 5.79 Å². The van der Waals surface area contributed by atoms with Crippen LogP contribution in [0.1, 0.15) is 88.3 Å². The highest BCUT2D eigenvalue weighted by Gasteiger charge is 2.37. The molecule has 1 aromatic heterocycles. The van der Waals surface area contributed by atoms with Crippen molar-refractivity contribution in [3.8, 4) is 22.4 Å². The highest BCUT2D eigenvalue weighted by Crippen LogP contribution is 2.43. The van der Waals surface area contributed by atoms with Crippen molar-refractivity contribution in [2.75, 3.05) is 11.9 Å². The van der Waals surface area contributed by atoms with Gasteiger partial charge in [-0.1, -0.05) is 70.2 Å². The van der Waals surface area contributed by atoms with Crippen molar-refractivity contribution < 1.29 is 33.3 Å². The average molecular weight is 685 g/mol. The van der Waals surface area contributed by atoms with Crippen LogP contribution in [-0.2, 0) is 32.2 Å². The minimum atomic E-state index is -0.908. The van der Waals surface area contributed by atoms with Crippen LogP contribution in [0.25, 0.3) is 22.4 Å². The Bertz CT molecular complexity index is 1750.